The molecule has 1 amide bonds. The van der Waals surface area contributed by atoms with E-state index in [1.54, 1.807) is 0 Å². The third-order valence-electron chi connectivity index (χ3n) is 3.74. The summed E-state index contributed by atoms with van der Waals surface area (Å²) < 4.78 is 15.6. The van der Waals surface area contributed by atoms with E-state index in [1.807, 2.05) is 0 Å². The Kier molecular flexibility index (Phi) is 4.95. The van der Waals surface area contributed by atoms with Gasteiger partial charge in [0.15, 0.2) is 11.5 Å². The second-order valence-corrected chi connectivity index (χ2v) is 5.12. The lowest BCUT2D eigenvalue weighted by molar-refractivity contribution is -0.141. The first kappa shape index (κ1) is 16.9. The fraction of sp³-hybridized carbons (Fsp3) is 0.467. The summed E-state index contributed by atoms with van der Waals surface area (Å²) in [6.07, 6.45) is -0.854. The molecule has 2 N–H and O–H groups in total. The Balaban J connectivity index is 2.41. The van der Waals surface area contributed by atoms with Crippen molar-refractivity contribution in [1.29, 1.82) is 0 Å². The van der Waals surface area contributed by atoms with Crippen LogP contribution in [-0.4, -0.2) is 67.0 Å². The van der Waals surface area contributed by atoms with Gasteiger partial charge in [-0.25, -0.2) is 4.79 Å². The maximum absolute atomic E-state index is 12.6. The van der Waals surface area contributed by atoms with Gasteiger partial charge in [-0.15, -0.1) is 0 Å². The lowest BCUT2D eigenvalue weighted by Crippen LogP contribution is -2.40. The fourth-order valence-corrected chi connectivity index (χ4v) is 2.64. The van der Waals surface area contributed by atoms with E-state index in [0.717, 1.165) is 4.90 Å². The molecule has 1 aliphatic rings. The van der Waals surface area contributed by atoms with Gasteiger partial charge >= 0.3 is 5.97 Å². The van der Waals surface area contributed by atoms with Crippen LogP contribution in [0.3, 0.4) is 0 Å². The van der Waals surface area contributed by atoms with Crippen LogP contribution in [0.4, 0.5) is 0 Å². The summed E-state index contributed by atoms with van der Waals surface area (Å²) in [4.78, 5) is 25.0. The van der Waals surface area contributed by atoms with Gasteiger partial charge in [-0.3, -0.25) is 4.79 Å². The van der Waals surface area contributed by atoms with E-state index in [-0.39, 0.29) is 18.5 Å². The molecule has 1 heterocycles. The largest absolute Gasteiger partial charge is 0.493 e. The molecule has 1 aliphatic heterocycles. The highest BCUT2D eigenvalue weighted by molar-refractivity contribution is 5.98. The molecule has 0 saturated carbocycles. The van der Waals surface area contributed by atoms with Gasteiger partial charge in [-0.1, -0.05) is 0 Å². The molecular formula is C15H19NO7. The van der Waals surface area contributed by atoms with E-state index in [2.05, 4.69) is 0 Å². The molecule has 8 nitrogen and oxygen atoms in total. The lowest BCUT2D eigenvalue weighted by atomic mass is 10.1. The van der Waals surface area contributed by atoms with Gasteiger partial charge in [-0.2, -0.15) is 0 Å². The SMILES string of the molecule is COc1cc(C(=O)N2C[C@H](O)CC2C(=O)O)cc(OC)c1OC. The van der Waals surface area contributed by atoms with Crippen LogP contribution < -0.4 is 14.2 Å². The molecule has 0 bridgehead atoms. The Labute approximate surface area is 133 Å². The molecule has 1 unspecified atom stereocenters. The Morgan fingerprint density at radius 1 is 1.13 bits per heavy atom. The van der Waals surface area contributed by atoms with Crippen molar-refractivity contribution in [2.45, 2.75) is 18.6 Å². The van der Waals surface area contributed by atoms with Gasteiger partial charge in [0.25, 0.3) is 5.91 Å². The van der Waals surface area contributed by atoms with Crippen molar-refractivity contribution in [3.63, 3.8) is 0 Å². The number of nitrogens with zero attached hydrogens (tertiary/aromatic N) is 1. The van der Waals surface area contributed by atoms with Gasteiger partial charge in [0.05, 0.1) is 27.4 Å². The third kappa shape index (κ3) is 3.16. The summed E-state index contributed by atoms with van der Waals surface area (Å²) >= 11 is 0. The van der Waals surface area contributed by atoms with Crippen LogP contribution in [0.15, 0.2) is 12.1 Å². The number of ether oxygens (including phenoxy) is 3. The molecule has 8 heteroatoms. The smallest absolute Gasteiger partial charge is 0.326 e. The maximum atomic E-state index is 12.6. The number of hydrogen-bond acceptors (Lipinski definition) is 6. The molecule has 0 radical (unpaired) electrons. The van der Waals surface area contributed by atoms with Crippen molar-refractivity contribution in [3.05, 3.63) is 17.7 Å². The van der Waals surface area contributed by atoms with Crippen LogP contribution in [0, 0.1) is 0 Å². The summed E-state index contributed by atoms with van der Waals surface area (Å²) in [6.45, 7) is -0.0353. The zero-order valence-electron chi connectivity index (χ0n) is 13.1. The minimum Gasteiger partial charge on any atom is -0.493 e. The van der Waals surface area contributed by atoms with Crippen molar-refractivity contribution in [3.8, 4) is 17.2 Å². The number of carboxylic acids is 1. The van der Waals surface area contributed by atoms with Gasteiger partial charge in [0.2, 0.25) is 5.75 Å². The Bertz CT molecular complexity index is 591. The molecule has 0 spiro atoms. The average molecular weight is 325 g/mol. The van der Waals surface area contributed by atoms with E-state index in [1.165, 1.54) is 33.5 Å². The molecule has 0 aliphatic carbocycles. The van der Waals surface area contributed by atoms with E-state index in [0.29, 0.717) is 17.2 Å². The topological polar surface area (TPSA) is 106 Å². The Hall–Kier alpha value is -2.48. The van der Waals surface area contributed by atoms with Crippen LogP contribution in [0.2, 0.25) is 0 Å². The van der Waals surface area contributed by atoms with Gasteiger partial charge < -0.3 is 29.3 Å². The summed E-state index contributed by atoms with van der Waals surface area (Å²) in [5, 5.41) is 18.9. The van der Waals surface area contributed by atoms with Gasteiger partial charge in [-0.05, 0) is 12.1 Å². The van der Waals surface area contributed by atoms with Crippen molar-refractivity contribution < 1.29 is 34.0 Å². The molecule has 1 fully saturated rings. The number of methoxy groups -OCH3 is 3. The minimum atomic E-state index is -1.15. The monoisotopic (exact) mass is 325 g/mol. The van der Waals surface area contributed by atoms with E-state index in [4.69, 9.17) is 14.2 Å². The number of aliphatic hydroxyl groups is 1. The number of amides is 1. The van der Waals surface area contributed by atoms with Crippen molar-refractivity contribution in [2.75, 3.05) is 27.9 Å². The molecule has 0 aromatic heterocycles. The molecule has 2 rings (SSSR count). The summed E-state index contributed by atoms with van der Waals surface area (Å²) in [6, 6.07) is 1.84. The second kappa shape index (κ2) is 6.74. The van der Waals surface area contributed by atoms with Crippen LogP contribution in [0.5, 0.6) is 17.2 Å². The summed E-state index contributed by atoms with van der Waals surface area (Å²) in [5.74, 6) is -0.748. The molecule has 1 saturated heterocycles. The third-order valence-corrected chi connectivity index (χ3v) is 3.74. The fourth-order valence-electron chi connectivity index (χ4n) is 2.64. The number of likely N-dealkylation sites (tertiary alicyclic amines) is 1. The van der Waals surface area contributed by atoms with Crippen LogP contribution in [0.1, 0.15) is 16.8 Å². The first-order valence-electron chi connectivity index (χ1n) is 6.94. The highest BCUT2D eigenvalue weighted by Gasteiger charge is 2.39. The highest BCUT2D eigenvalue weighted by Crippen LogP contribution is 2.38. The van der Waals surface area contributed by atoms with Crippen LogP contribution >= 0.6 is 0 Å². The Morgan fingerprint density at radius 3 is 2.13 bits per heavy atom. The molecule has 1 aromatic carbocycles. The summed E-state index contributed by atoms with van der Waals surface area (Å²) in [7, 11) is 4.29. The molecule has 126 valence electrons. The van der Waals surface area contributed by atoms with Gasteiger partial charge in [0.1, 0.15) is 6.04 Å². The first-order valence-corrected chi connectivity index (χ1v) is 6.94. The number of hydrogen-bond donors (Lipinski definition) is 2. The standard InChI is InChI=1S/C15H19NO7/c1-21-11-4-8(5-12(22-2)13(11)23-3)14(18)16-7-9(17)6-10(16)15(19)20/h4-5,9-10,17H,6-7H2,1-3H3,(H,19,20)/t9-,10?/m1/s1. The van der Waals surface area contributed by atoms with Crippen LogP contribution in [-0.2, 0) is 4.79 Å². The lowest BCUT2D eigenvalue weighted by Gasteiger charge is -2.22. The van der Waals surface area contributed by atoms with Crippen molar-refractivity contribution in [1.82, 2.24) is 4.90 Å². The number of benzene rings is 1. The number of carboxylic acid groups (broad SMARTS) is 1. The molecule has 1 aromatic rings. The maximum Gasteiger partial charge on any atom is 0.326 e. The molecular weight excluding hydrogens is 306 g/mol. The zero-order valence-corrected chi connectivity index (χ0v) is 13.1. The number of carbonyl (C=O) groups is 2. The second-order valence-electron chi connectivity index (χ2n) is 5.12. The quantitative estimate of drug-likeness (QED) is 0.806. The summed E-state index contributed by atoms with van der Waals surface area (Å²) in [5.41, 5.74) is 0.194. The normalized spacial score (nSPS) is 20.3. The van der Waals surface area contributed by atoms with Gasteiger partial charge in [0, 0.05) is 18.5 Å². The minimum absolute atomic E-state index is 0.00545. The zero-order chi connectivity index (χ0) is 17.1. The average Bonchev–Trinajstić information content (AvgIpc) is 2.94. The van der Waals surface area contributed by atoms with E-state index >= 15 is 0 Å². The van der Waals surface area contributed by atoms with Crippen molar-refractivity contribution >= 4 is 11.9 Å². The highest BCUT2D eigenvalue weighted by atomic mass is 16.5. The predicted molar refractivity (Wildman–Crippen MR) is 79.2 cm³/mol. The number of carbonyl (C=O) groups excluding carboxylic acids is 1. The Morgan fingerprint density at radius 2 is 1.70 bits per heavy atom. The number of β-amino-alcohol motifs (C(OH)–C–C–N with tert-alkyl or cyclic N) is 1. The van der Waals surface area contributed by atoms with E-state index < -0.39 is 24.0 Å². The number of aliphatic carboxylic acids is 1. The molecule has 2 atom stereocenters. The number of aliphatic hydroxyl groups excluding tert-OH is 1. The van der Waals surface area contributed by atoms with Crippen LogP contribution in [0.25, 0.3) is 0 Å². The predicted octanol–water partition coefficient (Wildman–Crippen LogP) is 0.372. The first-order chi connectivity index (χ1) is 10.9. The molecule has 23 heavy (non-hydrogen) atoms. The number of rotatable bonds is 5. The van der Waals surface area contributed by atoms with Crippen molar-refractivity contribution in [2.24, 2.45) is 0 Å². The van der Waals surface area contributed by atoms with E-state index in [9.17, 15) is 19.8 Å².